The Kier molecular flexibility index (Phi) is 5.80. The minimum Gasteiger partial charge on any atom is -0.337 e. The number of rotatable bonds is 5. The first-order valence-corrected chi connectivity index (χ1v) is 11.3. The normalized spacial score (nSPS) is 19.6. The molecule has 3 heterocycles. The van der Waals surface area contributed by atoms with Gasteiger partial charge in [0.15, 0.2) is 5.69 Å². The maximum atomic E-state index is 12.6. The highest BCUT2D eigenvalue weighted by molar-refractivity contribution is 5.92. The second-order valence-corrected chi connectivity index (χ2v) is 8.68. The summed E-state index contributed by atoms with van der Waals surface area (Å²) >= 11 is 0. The molecule has 0 radical (unpaired) electrons. The van der Waals surface area contributed by atoms with Gasteiger partial charge in [-0.25, -0.2) is 4.68 Å². The Balaban J connectivity index is 1.21. The van der Waals surface area contributed by atoms with Crippen molar-refractivity contribution in [3.05, 3.63) is 72.1 Å². The summed E-state index contributed by atoms with van der Waals surface area (Å²) in [5.41, 5.74) is 4.30. The molecule has 2 saturated heterocycles. The van der Waals surface area contributed by atoms with Crippen molar-refractivity contribution in [3.63, 3.8) is 0 Å². The van der Waals surface area contributed by atoms with E-state index in [2.05, 4.69) is 63.7 Å². The van der Waals surface area contributed by atoms with Gasteiger partial charge >= 0.3 is 0 Å². The molecule has 0 saturated carbocycles. The molecule has 1 unspecified atom stereocenters. The van der Waals surface area contributed by atoms with Crippen molar-refractivity contribution in [2.75, 3.05) is 26.2 Å². The van der Waals surface area contributed by atoms with Gasteiger partial charge in [0.05, 0.1) is 12.2 Å². The van der Waals surface area contributed by atoms with Crippen molar-refractivity contribution in [2.24, 2.45) is 0 Å². The number of hydrogen-bond donors (Lipinski definition) is 0. The first-order valence-electron chi connectivity index (χ1n) is 11.3. The van der Waals surface area contributed by atoms with Gasteiger partial charge in [-0.1, -0.05) is 59.8 Å². The van der Waals surface area contributed by atoms with Gasteiger partial charge in [0.25, 0.3) is 5.91 Å². The zero-order valence-electron chi connectivity index (χ0n) is 17.9. The fourth-order valence-corrected chi connectivity index (χ4v) is 4.72. The third-order valence-corrected chi connectivity index (χ3v) is 6.44. The fourth-order valence-electron chi connectivity index (χ4n) is 4.72. The first-order chi connectivity index (χ1) is 15.3. The Bertz CT molecular complexity index is 1010. The number of hydrogen-bond acceptors (Lipinski definition) is 4. The second-order valence-electron chi connectivity index (χ2n) is 8.68. The van der Waals surface area contributed by atoms with Gasteiger partial charge in [0.2, 0.25) is 0 Å². The maximum absolute atomic E-state index is 12.6. The Morgan fingerprint density at radius 1 is 0.903 bits per heavy atom. The van der Waals surface area contributed by atoms with Crippen molar-refractivity contribution in [3.8, 4) is 11.1 Å². The number of aromatic nitrogens is 3. The quantitative estimate of drug-likeness (QED) is 0.632. The van der Waals surface area contributed by atoms with Crippen LogP contribution in [0.15, 0.2) is 60.8 Å². The lowest BCUT2D eigenvalue weighted by Crippen LogP contribution is -2.36. The van der Waals surface area contributed by atoms with E-state index in [-0.39, 0.29) is 11.9 Å². The van der Waals surface area contributed by atoms with Gasteiger partial charge in [0.1, 0.15) is 0 Å². The molecule has 2 aliphatic heterocycles. The average molecular weight is 416 g/mol. The van der Waals surface area contributed by atoms with E-state index in [0.29, 0.717) is 5.69 Å². The summed E-state index contributed by atoms with van der Waals surface area (Å²) in [6.45, 7) is 4.63. The minimum atomic E-state index is 0.0231. The summed E-state index contributed by atoms with van der Waals surface area (Å²) in [7, 11) is 0. The van der Waals surface area contributed by atoms with E-state index in [9.17, 15) is 4.79 Å². The van der Waals surface area contributed by atoms with Crippen molar-refractivity contribution in [1.29, 1.82) is 0 Å². The third kappa shape index (κ3) is 4.54. The number of likely N-dealkylation sites (tertiary alicyclic amines) is 2. The Morgan fingerprint density at radius 3 is 2.42 bits per heavy atom. The molecule has 5 rings (SSSR count). The number of piperidine rings is 1. The van der Waals surface area contributed by atoms with Crippen LogP contribution < -0.4 is 0 Å². The van der Waals surface area contributed by atoms with Crippen LogP contribution in [0.1, 0.15) is 47.8 Å². The van der Waals surface area contributed by atoms with Crippen LogP contribution in [-0.2, 0) is 6.54 Å². The van der Waals surface area contributed by atoms with Crippen LogP contribution in [-0.4, -0.2) is 56.9 Å². The zero-order valence-corrected chi connectivity index (χ0v) is 17.9. The van der Waals surface area contributed by atoms with Crippen LogP contribution in [0.3, 0.4) is 0 Å². The van der Waals surface area contributed by atoms with Crippen LogP contribution in [0, 0.1) is 0 Å². The van der Waals surface area contributed by atoms with Gasteiger partial charge in [0, 0.05) is 26.2 Å². The molecule has 2 aliphatic rings. The van der Waals surface area contributed by atoms with E-state index in [1.807, 2.05) is 21.8 Å². The highest BCUT2D eigenvalue weighted by Gasteiger charge is 2.26. The van der Waals surface area contributed by atoms with E-state index < -0.39 is 0 Å². The molecule has 2 aromatic carbocycles. The van der Waals surface area contributed by atoms with Crippen molar-refractivity contribution >= 4 is 5.91 Å². The largest absolute Gasteiger partial charge is 0.337 e. The number of carbonyl (C=O) groups is 1. The Hall–Kier alpha value is -2.99. The van der Waals surface area contributed by atoms with E-state index in [4.69, 9.17) is 0 Å². The van der Waals surface area contributed by atoms with Crippen LogP contribution in [0.2, 0.25) is 0 Å². The summed E-state index contributed by atoms with van der Waals surface area (Å²) in [6.07, 6.45) is 6.23. The molecule has 0 N–H and O–H groups in total. The molecule has 0 spiro atoms. The number of benzene rings is 2. The molecule has 1 aromatic heterocycles. The summed E-state index contributed by atoms with van der Waals surface area (Å²) in [5, 5.41) is 8.50. The lowest BCUT2D eigenvalue weighted by molar-refractivity contribution is 0.0787. The molecule has 6 heteroatoms. The van der Waals surface area contributed by atoms with E-state index in [1.54, 1.807) is 0 Å². The van der Waals surface area contributed by atoms with Gasteiger partial charge in [-0.2, -0.15) is 0 Å². The Labute approximate surface area is 183 Å². The summed E-state index contributed by atoms with van der Waals surface area (Å²) < 4.78 is 1.91. The summed E-state index contributed by atoms with van der Waals surface area (Å²) in [5.74, 6) is 0.0231. The average Bonchev–Trinajstić information content (AvgIpc) is 3.53. The van der Waals surface area contributed by atoms with Gasteiger partial charge < -0.3 is 4.90 Å². The molecule has 31 heavy (non-hydrogen) atoms. The molecule has 6 nitrogen and oxygen atoms in total. The second kappa shape index (κ2) is 9.02. The molecular weight excluding hydrogens is 386 g/mol. The number of carbonyl (C=O) groups excluding carboxylic acids is 1. The lowest BCUT2D eigenvalue weighted by Gasteiger charge is -2.32. The van der Waals surface area contributed by atoms with Crippen LogP contribution in [0.25, 0.3) is 11.1 Å². The molecule has 160 valence electrons. The Morgan fingerprint density at radius 2 is 1.65 bits per heavy atom. The number of nitrogens with zero attached hydrogens (tertiary/aromatic N) is 5. The van der Waals surface area contributed by atoms with Crippen molar-refractivity contribution in [1.82, 2.24) is 24.8 Å². The predicted molar refractivity (Wildman–Crippen MR) is 121 cm³/mol. The van der Waals surface area contributed by atoms with Crippen LogP contribution >= 0.6 is 0 Å². The molecule has 1 amide bonds. The summed E-state index contributed by atoms with van der Waals surface area (Å²) in [4.78, 5) is 16.9. The van der Waals surface area contributed by atoms with Gasteiger partial charge in [-0.05, 0) is 48.9 Å². The molecule has 1 atom stereocenters. The summed E-state index contributed by atoms with van der Waals surface area (Å²) in [6, 6.07) is 19.6. The smallest absolute Gasteiger partial charge is 0.276 e. The zero-order chi connectivity index (χ0) is 21.0. The SMILES string of the molecule is O=C(c1cn(C2CCCN(Cc3ccc(-c4ccccc4)cc3)C2)nn1)N1CCCC1. The highest BCUT2D eigenvalue weighted by atomic mass is 16.2. The molecule has 3 aromatic rings. The highest BCUT2D eigenvalue weighted by Crippen LogP contribution is 2.24. The van der Waals surface area contributed by atoms with E-state index in [0.717, 1.165) is 58.4 Å². The van der Waals surface area contributed by atoms with Gasteiger partial charge in [-0.15, -0.1) is 5.10 Å². The minimum absolute atomic E-state index is 0.0231. The fraction of sp³-hybridized carbons (Fsp3) is 0.400. The monoisotopic (exact) mass is 415 g/mol. The van der Waals surface area contributed by atoms with Crippen LogP contribution in [0.4, 0.5) is 0 Å². The lowest BCUT2D eigenvalue weighted by atomic mass is 10.0. The third-order valence-electron chi connectivity index (χ3n) is 6.44. The molecule has 0 bridgehead atoms. The van der Waals surface area contributed by atoms with Crippen molar-refractivity contribution in [2.45, 2.75) is 38.3 Å². The van der Waals surface area contributed by atoms with Crippen molar-refractivity contribution < 1.29 is 4.79 Å². The maximum Gasteiger partial charge on any atom is 0.276 e. The molecule has 2 fully saturated rings. The number of amides is 1. The standard InChI is InChI=1S/C25H29N5O/c31-25(29-15-4-5-16-29)24-19-30(27-26-24)23-9-6-14-28(18-23)17-20-10-12-22(13-11-20)21-7-2-1-3-8-21/h1-3,7-8,10-13,19,23H,4-6,9,14-18H2. The topological polar surface area (TPSA) is 54.3 Å². The van der Waals surface area contributed by atoms with Crippen LogP contribution in [0.5, 0.6) is 0 Å². The predicted octanol–water partition coefficient (Wildman–Crippen LogP) is 4.02. The van der Waals surface area contributed by atoms with E-state index >= 15 is 0 Å². The van der Waals surface area contributed by atoms with E-state index in [1.165, 1.54) is 16.7 Å². The molecular formula is C25H29N5O. The molecule has 0 aliphatic carbocycles. The van der Waals surface area contributed by atoms with Gasteiger partial charge in [-0.3, -0.25) is 9.69 Å². The first kappa shape index (κ1) is 19.9.